The van der Waals surface area contributed by atoms with Crippen LogP contribution in [-0.4, -0.2) is 45.2 Å². The van der Waals surface area contributed by atoms with Crippen LogP contribution in [0.4, 0.5) is 8.78 Å². The van der Waals surface area contributed by atoms with Crippen molar-refractivity contribution in [3.63, 3.8) is 0 Å². The molecule has 2 aromatic carbocycles. The molecule has 162 valence electrons. The lowest BCUT2D eigenvalue weighted by Crippen LogP contribution is -2.36. The number of hydrogen-bond donors (Lipinski definition) is 2. The fraction of sp³-hybridized carbons (Fsp3) is 0.304. The highest BCUT2D eigenvalue weighted by Crippen LogP contribution is 2.34. The summed E-state index contributed by atoms with van der Waals surface area (Å²) in [5, 5.41) is 8.66. The number of nitrogens with one attached hydrogen (secondary N) is 1. The van der Waals surface area contributed by atoms with Gasteiger partial charge in [0.15, 0.2) is 11.6 Å². The molecule has 1 aromatic heterocycles. The quantitative estimate of drug-likeness (QED) is 0.365. The van der Waals surface area contributed by atoms with Gasteiger partial charge in [0, 0.05) is 24.2 Å². The zero-order chi connectivity index (χ0) is 22.0. The first-order valence-corrected chi connectivity index (χ1v) is 10.3. The summed E-state index contributed by atoms with van der Waals surface area (Å²) in [7, 11) is 0. The van der Waals surface area contributed by atoms with Crippen LogP contribution in [-0.2, 0) is 4.79 Å². The van der Waals surface area contributed by atoms with Gasteiger partial charge in [-0.3, -0.25) is 10.0 Å². The van der Waals surface area contributed by atoms with E-state index < -0.39 is 17.5 Å². The molecular formula is C23H24F2N4O2. The molecule has 0 radical (unpaired) electrons. The van der Waals surface area contributed by atoms with E-state index in [0.29, 0.717) is 16.9 Å². The van der Waals surface area contributed by atoms with Crippen LogP contribution in [0.25, 0.3) is 28.5 Å². The fourth-order valence-corrected chi connectivity index (χ4v) is 4.20. The van der Waals surface area contributed by atoms with Crippen molar-refractivity contribution in [2.24, 2.45) is 0 Å². The zero-order valence-electron chi connectivity index (χ0n) is 17.2. The van der Waals surface area contributed by atoms with E-state index >= 15 is 0 Å². The number of amides is 1. The highest BCUT2D eigenvalue weighted by Gasteiger charge is 2.27. The van der Waals surface area contributed by atoms with Gasteiger partial charge in [0.25, 0.3) is 5.91 Å². The molecule has 0 saturated carbocycles. The van der Waals surface area contributed by atoms with Crippen molar-refractivity contribution in [1.29, 1.82) is 0 Å². The van der Waals surface area contributed by atoms with Crippen LogP contribution >= 0.6 is 0 Å². The molecule has 3 aromatic rings. The van der Waals surface area contributed by atoms with E-state index in [4.69, 9.17) is 5.21 Å². The van der Waals surface area contributed by atoms with Gasteiger partial charge >= 0.3 is 0 Å². The van der Waals surface area contributed by atoms with Gasteiger partial charge in [-0.15, -0.1) is 0 Å². The average molecular weight is 426 g/mol. The second kappa shape index (κ2) is 8.95. The molecule has 1 fully saturated rings. The Morgan fingerprint density at radius 1 is 1.32 bits per heavy atom. The highest BCUT2D eigenvalue weighted by atomic mass is 19.2. The van der Waals surface area contributed by atoms with E-state index in [1.165, 1.54) is 12.1 Å². The maximum absolute atomic E-state index is 14.9. The van der Waals surface area contributed by atoms with Gasteiger partial charge in [-0.1, -0.05) is 25.1 Å². The lowest BCUT2D eigenvalue weighted by Gasteiger charge is -2.33. The second-order valence-electron chi connectivity index (χ2n) is 7.66. The number of fused-ring (bicyclic) bond motifs is 1. The molecule has 1 atom stereocenters. The SMILES string of the molecule is CCN1CCC[C@@H](n2c(-c3cccc(/C=C/C(=O)NO)c3)nc3ccc(F)c(F)c32)C1. The van der Waals surface area contributed by atoms with Crippen molar-refractivity contribution in [3.05, 3.63) is 59.7 Å². The summed E-state index contributed by atoms with van der Waals surface area (Å²) in [5.41, 5.74) is 3.58. The average Bonchev–Trinajstić information content (AvgIpc) is 3.20. The monoisotopic (exact) mass is 426 g/mol. The summed E-state index contributed by atoms with van der Waals surface area (Å²) in [5.74, 6) is -1.86. The molecule has 0 bridgehead atoms. The lowest BCUT2D eigenvalue weighted by atomic mass is 10.0. The molecule has 2 heterocycles. The largest absolute Gasteiger partial charge is 0.317 e. The van der Waals surface area contributed by atoms with Crippen LogP contribution in [0.15, 0.2) is 42.5 Å². The van der Waals surface area contributed by atoms with E-state index in [1.807, 2.05) is 22.8 Å². The van der Waals surface area contributed by atoms with Gasteiger partial charge < -0.3 is 9.47 Å². The topological polar surface area (TPSA) is 70.4 Å². The van der Waals surface area contributed by atoms with Crippen molar-refractivity contribution in [2.75, 3.05) is 19.6 Å². The minimum atomic E-state index is -0.893. The minimum absolute atomic E-state index is 0.0376. The summed E-state index contributed by atoms with van der Waals surface area (Å²) in [6.07, 6.45) is 4.58. The lowest BCUT2D eigenvalue weighted by molar-refractivity contribution is -0.124. The Morgan fingerprint density at radius 3 is 2.94 bits per heavy atom. The van der Waals surface area contributed by atoms with Crippen molar-refractivity contribution < 1.29 is 18.8 Å². The normalized spacial score (nSPS) is 17.5. The predicted octanol–water partition coefficient (Wildman–Crippen LogP) is 4.16. The standard InChI is InChI=1S/C23H24F2N4O2/c1-2-28-12-4-7-17(14-28)29-22-19(10-9-18(24)21(22)25)26-23(29)16-6-3-5-15(13-16)8-11-20(30)27-31/h3,5-6,8-11,13,17,31H,2,4,7,12,14H2,1H3,(H,27,30)/b11-8+/t17-/m1/s1. The number of carbonyl (C=O) groups is 1. The molecule has 6 nitrogen and oxygen atoms in total. The molecule has 0 unspecified atom stereocenters. The van der Waals surface area contributed by atoms with Gasteiger partial charge in [0.2, 0.25) is 0 Å². The zero-order valence-corrected chi connectivity index (χ0v) is 17.2. The number of aromatic nitrogens is 2. The summed E-state index contributed by atoms with van der Waals surface area (Å²) >= 11 is 0. The third kappa shape index (κ3) is 4.22. The molecule has 4 rings (SSSR count). The predicted molar refractivity (Wildman–Crippen MR) is 114 cm³/mol. The van der Waals surface area contributed by atoms with Crippen LogP contribution in [0.1, 0.15) is 31.4 Å². The number of imidazole rings is 1. The molecule has 0 aliphatic carbocycles. The molecule has 0 spiro atoms. The number of piperidine rings is 1. The fourth-order valence-electron chi connectivity index (χ4n) is 4.20. The van der Waals surface area contributed by atoms with Crippen LogP contribution in [0.5, 0.6) is 0 Å². The Morgan fingerprint density at radius 2 is 2.16 bits per heavy atom. The number of likely N-dealkylation sites (N-methyl/N-ethyl adjacent to an activating group) is 1. The molecular weight excluding hydrogens is 402 g/mol. The van der Waals surface area contributed by atoms with E-state index in [-0.39, 0.29) is 11.6 Å². The molecule has 1 saturated heterocycles. The van der Waals surface area contributed by atoms with Gasteiger partial charge in [0.05, 0.1) is 5.52 Å². The van der Waals surface area contributed by atoms with Gasteiger partial charge in [0.1, 0.15) is 11.3 Å². The smallest absolute Gasteiger partial charge is 0.267 e. The third-order valence-electron chi connectivity index (χ3n) is 5.72. The number of hydroxylamine groups is 1. The van der Waals surface area contributed by atoms with Gasteiger partial charge in [-0.05, 0) is 55.8 Å². The number of benzene rings is 2. The number of halogens is 2. The Balaban J connectivity index is 1.86. The van der Waals surface area contributed by atoms with Crippen molar-refractivity contribution in [1.82, 2.24) is 19.9 Å². The Kier molecular flexibility index (Phi) is 6.11. The van der Waals surface area contributed by atoms with Crippen molar-refractivity contribution in [2.45, 2.75) is 25.8 Å². The number of rotatable bonds is 5. The van der Waals surface area contributed by atoms with Crippen LogP contribution < -0.4 is 5.48 Å². The van der Waals surface area contributed by atoms with Crippen molar-refractivity contribution in [3.8, 4) is 11.4 Å². The molecule has 31 heavy (non-hydrogen) atoms. The summed E-state index contributed by atoms with van der Waals surface area (Å²) < 4.78 is 30.9. The van der Waals surface area contributed by atoms with Crippen molar-refractivity contribution >= 4 is 23.0 Å². The minimum Gasteiger partial charge on any atom is -0.317 e. The first-order chi connectivity index (χ1) is 15.0. The van der Waals surface area contributed by atoms with E-state index in [2.05, 4.69) is 16.8 Å². The molecule has 1 aliphatic rings. The molecule has 1 amide bonds. The number of likely N-dealkylation sites (tertiary alicyclic amines) is 1. The Labute approximate surface area is 178 Å². The van der Waals surface area contributed by atoms with Gasteiger partial charge in [-0.2, -0.15) is 0 Å². The van der Waals surface area contributed by atoms with E-state index in [1.54, 1.807) is 17.6 Å². The summed E-state index contributed by atoms with van der Waals surface area (Å²) in [6.45, 7) is 4.70. The van der Waals surface area contributed by atoms with E-state index in [0.717, 1.165) is 44.1 Å². The molecule has 1 aliphatic heterocycles. The second-order valence-corrected chi connectivity index (χ2v) is 7.66. The Hall–Kier alpha value is -3.10. The van der Waals surface area contributed by atoms with Crippen LogP contribution in [0, 0.1) is 11.6 Å². The van der Waals surface area contributed by atoms with Gasteiger partial charge in [-0.25, -0.2) is 19.2 Å². The first kappa shape index (κ1) is 21.1. The van der Waals surface area contributed by atoms with E-state index in [9.17, 15) is 13.6 Å². The molecule has 2 N–H and O–H groups in total. The summed E-state index contributed by atoms with van der Waals surface area (Å²) in [6, 6.07) is 9.87. The Bertz CT molecular complexity index is 1140. The third-order valence-corrected chi connectivity index (χ3v) is 5.72. The summed E-state index contributed by atoms with van der Waals surface area (Å²) in [4.78, 5) is 18.3. The maximum Gasteiger partial charge on any atom is 0.267 e. The highest BCUT2D eigenvalue weighted by molar-refractivity contribution is 5.91. The molecule has 8 heteroatoms. The first-order valence-electron chi connectivity index (χ1n) is 10.3. The maximum atomic E-state index is 14.9. The number of hydrogen-bond acceptors (Lipinski definition) is 4. The van der Waals surface area contributed by atoms with Crippen LogP contribution in [0.2, 0.25) is 0 Å². The number of nitrogens with zero attached hydrogens (tertiary/aromatic N) is 3. The number of carbonyl (C=O) groups excluding carboxylic acids is 1. The van der Waals surface area contributed by atoms with Crippen LogP contribution in [0.3, 0.4) is 0 Å².